The van der Waals surface area contributed by atoms with Gasteiger partial charge in [-0.3, -0.25) is 0 Å². The van der Waals surface area contributed by atoms with Gasteiger partial charge in [0.2, 0.25) is 0 Å². The maximum Gasteiger partial charge on any atom is 0.0252 e. The third-order valence-electron chi connectivity index (χ3n) is 3.91. The van der Waals surface area contributed by atoms with Crippen molar-refractivity contribution in [3.8, 4) is 0 Å². The van der Waals surface area contributed by atoms with E-state index in [1.165, 1.54) is 38.8 Å². The van der Waals surface area contributed by atoms with Crippen molar-refractivity contribution in [1.29, 1.82) is 0 Å². The van der Waals surface area contributed by atoms with Crippen molar-refractivity contribution in [2.24, 2.45) is 11.7 Å². The van der Waals surface area contributed by atoms with Gasteiger partial charge >= 0.3 is 0 Å². The second-order valence-electron chi connectivity index (χ2n) is 5.49. The average Bonchev–Trinajstić information content (AvgIpc) is 2.43. The van der Waals surface area contributed by atoms with Gasteiger partial charge in [0.15, 0.2) is 0 Å². The summed E-state index contributed by atoms with van der Waals surface area (Å²) < 4.78 is 0. The molecule has 0 aromatic heterocycles. The SMILES string of the molecule is CCC1CCCN(CC(C)(N)CC)CC1. The molecule has 2 heteroatoms. The van der Waals surface area contributed by atoms with Gasteiger partial charge in [0, 0.05) is 12.1 Å². The number of nitrogens with zero attached hydrogens (tertiary/aromatic N) is 1. The second-order valence-corrected chi connectivity index (χ2v) is 5.49. The fourth-order valence-corrected chi connectivity index (χ4v) is 2.41. The lowest BCUT2D eigenvalue weighted by atomic mass is 9.98. The molecule has 1 aliphatic heterocycles. The Morgan fingerprint density at radius 3 is 2.60 bits per heavy atom. The molecule has 1 heterocycles. The Hall–Kier alpha value is -0.0800. The predicted molar refractivity (Wildman–Crippen MR) is 67.0 cm³/mol. The van der Waals surface area contributed by atoms with Crippen LogP contribution in [-0.4, -0.2) is 30.1 Å². The van der Waals surface area contributed by atoms with Gasteiger partial charge in [-0.15, -0.1) is 0 Å². The summed E-state index contributed by atoms with van der Waals surface area (Å²) in [5.74, 6) is 0.959. The van der Waals surface area contributed by atoms with Crippen molar-refractivity contribution in [2.75, 3.05) is 19.6 Å². The minimum absolute atomic E-state index is 0.00600. The zero-order valence-electron chi connectivity index (χ0n) is 10.8. The molecule has 15 heavy (non-hydrogen) atoms. The third kappa shape index (κ3) is 4.52. The van der Waals surface area contributed by atoms with Crippen LogP contribution in [0.1, 0.15) is 52.9 Å². The summed E-state index contributed by atoms with van der Waals surface area (Å²) in [6.07, 6.45) is 6.57. The summed E-state index contributed by atoms with van der Waals surface area (Å²) in [4.78, 5) is 2.57. The van der Waals surface area contributed by atoms with E-state index in [2.05, 4.69) is 25.7 Å². The Labute approximate surface area is 95.2 Å². The highest BCUT2D eigenvalue weighted by Crippen LogP contribution is 2.21. The first-order valence-corrected chi connectivity index (χ1v) is 6.58. The fourth-order valence-electron chi connectivity index (χ4n) is 2.41. The number of hydrogen-bond acceptors (Lipinski definition) is 2. The molecule has 0 aromatic carbocycles. The highest BCUT2D eigenvalue weighted by Gasteiger charge is 2.22. The summed E-state index contributed by atoms with van der Waals surface area (Å²) in [5.41, 5.74) is 6.23. The normalized spacial score (nSPS) is 28.4. The Balaban J connectivity index is 2.37. The first kappa shape index (κ1) is 13.0. The highest BCUT2D eigenvalue weighted by atomic mass is 15.1. The molecule has 0 aliphatic carbocycles. The van der Waals surface area contributed by atoms with E-state index < -0.39 is 0 Å². The van der Waals surface area contributed by atoms with Gasteiger partial charge in [-0.05, 0) is 51.6 Å². The maximum atomic E-state index is 6.22. The molecule has 2 atom stereocenters. The average molecular weight is 212 g/mol. The maximum absolute atomic E-state index is 6.22. The predicted octanol–water partition coefficient (Wildman–Crippen LogP) is 2.63. The largest absolute Gasteiger partial charge is 0.324 e. The zero-order valence-corrected chi connectivity index (χ0v) is 10.8. The van der Waals surface area contributed by atoms with Crippen LogP contribution >= 0.6 is 0 Å². The van der Waals surface area contributed by atoms with Gasteiger partial charge in [-0.1, -0.05) is 20.3 Å². The Bertz CT molecular complexity index is 177. The summed E-state index contributed by atoms with van der Waals surface area (Å²) >= 11 is 0. The van der Waals surface area contributed by atoms with Gasteiger partial charge in [-0.2, -0.15) is 0 Å². The van der Waals surface area contributed by atoms with E-state index in [1.54, 1.807) is 0 Å². The van der Waals surface area contributed by atoms with E-state index in [0.29, 0.717) is 0 Å². The lowest BCUT2D eigenvalue weighted by Gasteiger charge is -2.31. The Morgan fingerprint density at radius 2 is 2.00 bits per heavy atom. The molecule has 90 valence electrons. The lowest BCUT2D eigenvalue weighted by molar-refractivity contribution is 0.217. The molecule has 0 saturated carbocycles. The van der Waals surface area contributed by atoms with Crippen LogP contribution < -0.4 is 5.73 Å². The van der Waals surface area contributed by atoms with Gasteiger partial charge in [0.1, 0.15) is 0 Å². The van der Waals surface area contributed by atoms with Crippen LogP contribution in [0.3, 0.4) is 0 Å². The number of rotatable bonds is 4. The number of likely N-dealkylation sites (tertiary alicyclic amines) is 1. The molecule has 0 spiro atoms. The first-order chi connectivity index (χ1) is 7.07. The standard InChI is InChI=1S/C13H28N2/c1-4-12-7-6-9-15(10-8-12)11-13(3,14)5-2/h12H,4-11,14H2,1-3H3. The Kier molecular flexibility index (Phi) is 5.07. The van der Waals surface area contributed by atoms with Crippen LogP contribution in [0.4, 0.5) is 0 Å². The minimum Gasteiger partial charge on any atom is -0.324 e. The molecule has 1 rings (SSSR count). The molecule has 1 saturated heterocycles. The van der Waals surface area contributed by atoms with E-state index in [-0.39, 0.29) is 5.54 Å². The van der Waals surface area contributed by atoms with Gasteiger partial charge in [0.05, 0.1) is 0 Å². The lowest BCUT2D eigenvalue weighted by Crippen LogP contribution is -2.47. The molecule has 0 amide bonds. The van der Waals surface area contributed by atoms with E-state index in [4.69, 9.17) is 5.73 Å². The fraction of sp³-hybridized carbons (Fsp3) is 1.00. The van der Waals surface area contributed by atoms with Crippen molar-refractivity contribution >= 4 is 0 Å². The molecule has 1 fully saturated rings. The van der Waals surface area contributed by atoms with Crippen molar-refractivity contribution in [3.05, 3.63) is 0 Å². The summed E-state index contributed by atoms with van der Waals surface area (Å²) in [7, 11) is 0. The molecule has 0 bridgehead atoms. The zero-order chi connectivity index (χ0) is 11.3. The highest BCUT2D eigenvalue weighted by molar-refractivity contribution is 4.82. The smallest absolute Gasteiger partial charge is 0.0252 e. The van der Waals surface area contributed by atoms with Crippen LogP contribution in [0.25, 0.3) is 0 Å². The molecule has 0 aromatic rings. The summed E-state index contributed by atoms with van der Waals surface area (Å²) in [6, 6.07) is 0. The van der Waals surface area contributed by atoms with E-state index >= 15 is 0 Å². The number of hydrogen-bond donors (Lipinski definition) is 1. The van der Waals surface area contributed by atoms with Crippen LogP contribution in [0.5, 0.6) is 0 Å². The molecule has 2 unspecified atom stereocenters. The topological polar surface area (TPSA) is 29.3 Å². The molecule has 0 radical (unpaired) electrons. The quantitative estimate of drug-likeness (QED) is 0.776. The van der Waals surface area contributed by atoms with Gasteiger partial charge in [-0.25, -0.2) is 0 Å². The molecular weight excluding hydrogens is 184 g/mol. The van der Waals surface area contributed by atoms with Gasteiger partial charge in [0.25, 0.3) is 0 Å². The van der Waals surface area contributed by atoms with Crippen LogP contribution in [0.2, 0.25) is 0 Å². The first-order valence-electron chi connectivity index (χ1n) is 6.58. The third-order valence-corrected chi connectivity index (χ3v) is 3.91. The molecule has 1 aliphatic rings. The number of nitrogens with two attached hydrogens (primary N) is 1. The molecule has 2 nitrogen and oxygen atoms in total. The molecular formula is C13H28N2. The second kappa shape index (κ2) is 5.86. The van der Waals surface area contributed by atoms with Crippen molar-refractivity contribution in [1.82, 2.24) is 4.90 Å². The van der Waals surface area contributed by atoms with Crippen LogP contribution in [0.15, 0.2) is 0 Å². The van der Waals surface area contributed by atoms with Gasteiger partial charge < -0.3 is 10.6 Å². The Morgan fingerprint density at radius 1 is 1.27 bits per heavy atom. The molecule has 2 N–H and O–H groups in total. The van der Waals surface area contributed by atoms with Crippen molar-refractivity contribution in [3.63, 3.8) is 0 Å². The summed E-state index contributed by atoms with van der Waals surface area (Å²) in [6.45, 7) is 10.3. The van der Waals surface area contributed by atoms with Crippen molar-refractivity contribution < 1.29 is 0 Å². The van der Waals surface area contributed by atoms with Crippen LogP contribution in [0, 0.1) is 5.92 Å². The van der Waals surface area contributed by atoms with E-state index in [9.17, 15) is 0 Å². The van der Waals surface area contributed by atoms with E-state index in [0.717, 1.165) is 18.9 Å². The minimum atomic E-state index is 0.00600. The van der Waals surface area contributed by atoms with Crippen molar-refractivity contribution in [2.45, 2.75) is 58.4 Å². The van der Waals surface area contributed by atoms with Crippen LogP contribution in [-0.2, 0) is 0 Å². The van der Waals surface area contributed by atoms with E-state index in [1.807, 2.05) is 0 Å². The summed E-state index contributed by atoms with van der Waals surface area (Å²) in [5, 5.41) is 0. The monoisotopic (exact) mass is 212 g/mol.